The molecule has 130 valence electrons. The third-order valence-corrected chi connectivity index (χ3v) is 3.66. The van der Waals surface area contributed by atoms with Gasteiger partial charge in [-0.25, -0.2) is 9.36 Å². The van der Waals surface area contributed by atoms with E-state index < -0.39 is 0 Å². The molecule has 9 nitrogen and oxygen atoms in total. The summed E-state index contributed by atoms with van der Waals surface area (Å²) < 4.78 is 7.78. The predicted molar refractivity (Wildman–Crippen MR) is 94.3 cm³/mol. The van der Waals surface area contributed by atoms with Crippen molar-refractivity contribution in [1.82, 2.24) is 24.5 Å². The molecule has 3 rings (SSSR count). The van der Waals surface area contributed by atoms with Crippen LogP contribution in [0.3, 0.4) is 0 Å². The first-order valence-electron chi connectivity index (χ1n) is 7.30. The van der Waals surface area contributed by atoms with Crippen molar-refractivity contribution < 1.29 is 4.74 Å². The minimum Gasteiger partial charge on any atom is -0.497 e. The van der Waals surface area contributed by atoms with E-state index >= 15 is 0 Å². The Labute approximate surface area is 148 Å². The summed E-state index contributed by atoms with van der Waals surface area (Å²) in [6, 6.07) is 8.93. The molecule has 0 saturated heterocycles. The van der Waals surface area contributed by atoms with Crippen LogP contribution in [0, 0.1) is 0 Å². The van der Waals surface area contributed by atoms with Crippen molar-refractivity contribution in [1.29, 1.82) is 0 Å². The van der Waals surface area contributed by atoms with Gasteiger partial charge in [0.25, 0.3) is 5.56 Å². The lowest BCUT2D eigenvalue weighted by atomic mass is 10.2. The van der Waals surface area contributed by atoms with Crippen LogP contribution in [-0.2, 0) is 13.6 Å². The molecule has 0 bridgehead atoms. The Kier molecular flexibility index (Phi) is 4.57. The van der Waals surface area contributed by atoms with Crippen LogP contribution in [0.1, 0.15) is 5.56 Å². The van der Waals surface area contributed by atoms with Crippen LogP contribution < -0.4 is 21.3 Å². The van der Waals surface area contributed by atoms with Crippen LogP contribution in [0.4, 0.5) is 17.6 Å². The van der Waals surface area contributed by atoms with E-state index in [1.165, 1.54) is 17.8 Å². The number of benzene rings is 1. The molecule has 0 aliphatic heterocycles. The molecule has 0 radical (unpaired) electrons. The maximum absolute atomic E-state index is 12.0. The van der Waals surface area contributed by atoms with Crippen molar-refractivity contribution in [2.45, 2.75) is 6.54 Å². The van der Waals surface area contributed by atoms with Gasteiger partial charge in [-0.15, -0.1) is 5.10 Å². The Morgan fingerprint density at radius 3 is 2.68 bits per heavy atom. The number of rotatable bonds is 5. The second-order valence-corrected chi connectivity index (χ2v) is 5.62. The number of hydrogen-bond acceptors (Lipinski definition) is 7. The molecule has 2 heterocycles. The monoisotopic (exact) mass is 361 g/mol. The highest BCUT2D eigenvalue weighted by Gasteiger charge is 2.11. The fourth-order valence-corrected chi connectivity index (χ4v) is 2.43. The normalized spacial score (nSPS) is 10.7. The summed E-state index contributed by atoms with van der Waals surface area (Å²) in [6.07, 6.45) is 0. The molecule has 2 aromatic heterocycles. The minimum absolute atomic E-state index is 0.176. The zero-order valence-corrected chi connectivity index (χ0v) is 14.4. The molecule has 0 saturated carbocycles. The maximum atomic E-state index is 12.0. The lowest BCUT2D eigenvalue weighted by molar-refractivity contribution is 0.414. The van der Waals surface area contributed by atoms with Crippen LogP contribution >= 0.6 is 11.6 Å². The van der Waals surface area contributed by atoms with Gasteiger partial charge in [0.2, 0.25) is 11.9 Å². The summed E-state index contributed by atoms with van der Waals surface area (Å²) in [4.78, 5) is 16.2. The molecule has 25 heavy (non-hydrogen) atoms. The number of nitrogens with two attached hydrogens (primary N) is 1. The van der Waals surface area contributed by atoms with Crippen molar-refractivity contribution in [3.8, 4) is 5.75 Å². The van der Waals surface area contributed by atoms with Crippen molar-refractivity contribution in [3.05, 3.63) is 51.4 Å². The number of hydrogen-bond donors (Lipinski definition) is 2. The van der Waals surface area contributed by atoms with E-state index in [4.69, 9.17) is 22.1 Å². The van der Waals surface area contributed by atoms with Gasteiger partial charge in [0.15, 0.2) is 5.15 Å². The van der Waals surface area contributed by atoms with Gasteiger partial charge < -0.3 is 15.8 Å². The van der Waals surface area contributed by atoms with Gasteiger partial charge in [-0.1, -0.05) is 23.7 Å². The van der Waals surface area contributed by atoms with Crippen LogP contribution in [0.25, 0.3) is 0 Å². The molecule has 0 aliphatic rings. The van der Waals surface area contributed by atoms with Gasteiger partial charge in [-0.3, -0.25) is 4.79 Å². The molecule has 0 aliphatic carbocycles. The van der Waals surface area contributed by atoms with Crippen molar-refractivity contribution in [2.75, 3.05) is 18.2 Å². The number of ether oxygens (including phenoxy) is 1. The first-order chi connectivity index (χ1) is 12.0. The Morgan fingerprint density at radius 2 is 2.00 bits per heavy atom. The summed E-state index contributed by atoms with van der Waals surface area (Å²) >= 11 is 5.87. The molecule has 0 unspecified atom stereocenters. The fraction of sp³-hybridized carbons (Fsp3) is 0.200. The maximum Gasteiger partial charge on any atom is 0.290 e. The highest BCUT2D eigenvalue weighted by molar-refractivity contribution is 6.29. The predicted octanol–water partition coefficient (Wildman–Crippen LogP) is 1.41. The lowest BCUT2D eigenvalue weighted by Crippen LogP contribution is -2.22. The summed E-state index contributed by atoms with van der Waals surface area (Å²) in [7, 11) is 3.11. The zero-order valence-electron chi connectivity index (χ0n) is 13.6. The van der Waals surface area contributed by atoms with Crippen molar-refractivity contribution in [2.24, 2.45) is 7.05 Å². The number of aromatic nitrogens is 5. The quantitative estimate of drug-likeness (QED) is 0.706. The van der Waals surface area contributed by atoms with Gasteiger partial charge in [-0.2, -0.15) is 10.1 Å². The Morgan fingerprint density at radius 1 is 1.28 bits per heavy atom. The summed E-state index contributed by atoms with van der Waals surface area (Å²) in [5.41, 5.74) is 6.74. The molecule has 0 atom stereocenters. The minimum atomic E-state index is -0.352. The molecular formula is C15H16ClN7O2. The van der Waals surface area contributed by atoms with E-state index in [-0.39, 0.29) is 28.3 Å². The number of nitrogen functional groups attached to an aromatic ring is 1. The van der Waals surface area contributed by atoms with Gasteiger partial charge in [0.05, 0.1) is 13.7 Å². The van der Waals surface area contributed by atoms with Gasteiger partial charge >= 0.3 is 0 Å². The molecule has 3 N–H and O–H groups in total. The van der Waals surface area contributed by atoms with Crippen molar-refractivity contribution >= 4 is 29.2 Å². The highest BCUT2D eigenvalue weighted by Crippen LogP contribution is 2.16. The van der Waals surface area contributed by atoms with E-state index in [0.717, 1.165) is 16.0 Å². The lowest BCUT2D eigenvalue weighted by Gasteiger charge is -2.05. The number of halogens is 1. The largest absolute Gasteiger partial charge is 0.497 e. The zero-order chi connectivity index (χ0) is 18.0. The molecule has 3 aromatic rings. The first-order valence-corrected chi connectivity index (χ1v) is 7.68. The first kappa shape index (κ1) is 16.8. The van der Waals surface area contributed by atoms with Gasteiger partial charge in [0.1, 0.15) is 11.4 Å². The summed E-state index contributed by atoms with van der Waals surface area (Å²) in [5.74, 6) is 1.18. The number of nitrogens with one attached hydrogen (secondary N) is 1. The van der Waals surface area contributed by atoms with Crippen LogP contribution in [0.15, 0.2) is 35.1 Å². The average Bonchev–Trinajstić information content (AvgIpc) is 2.92. The van der Waals surface area contributed by atoms with E-state index in [9.17, 15) is 4.79 Å². The number of aryl methyl sites for hydroxylation is 1. The fourth-order valence-electron chi connectivity index (χ4n) is 2.21. The standard InChI is InChI=1S/C15H16ClN7O2/c1-22-13(24)11(7-12(16)20-22)18-15-19-14(17)23(21-15)8-9-3-5-10(25-2)6-4-9/h3-7H,8H2,1-2H3,(H3,17,18,19,21). The summed E-state index contributed by atoms with van der Waals surface area (Å²) in [6.45, 7) is 0.430. The molecule has 0 spiro atoms. The molecule has 1 aromatic carbocycles. The Balaban J connectivity index is 1.81. The average molecular weight is 362 g/mol. The Hall–Kier alpha value is -3.07. The van der Waals surface area contributed by atoms with Crippen molar-refractivity contribution in [3.63, 3.8) is 0 Å². The molecule has 0 amide bonds. The summed E-state index contributed by atoms with van der Waals surface area (Å²) in [5, 5.41) is 11.1. The van der Waals surface area contributed by atoms with E-state index in [2.05, 4.69) is 20.5 Å². The van der Waals surface area contributed by atoms with E-state index in [1.54, 1.807) is 7.11 Å². The third kappa shape index (κ3) is 3.72. The molecule has 10 heteroatoms. The molecular weight excluding hydrogens is 346 g/mol. The van der Waals surface area contributed by atoms with Crippen LogP contribution in [-0.4, -0.2) is 31.7 Å². The van der Waals surface area contributed by atoms with Crippen LogP contribution in [0.2, 0.25) is 5.15 Å². The second-order valence-electron chi connectivity index (χ2n) is 5.23. The second kappa shape index (κ2) is 6.81. The number of methoxy groups -OCH3 is 1. The number of nitrogens with zero attached hydrogens (tertiary/aromatic N) is 5. The van der Waals surface area contributed by atoms with E-state index in [1.807, 2.05) is 24.3 Å². The Bertz CT molecular complexity index is 950. The smallest absolute Gasteiger partial charge is 0.290 e. The highest BCUT2D eigenvalue weighted by atomic mass is 35.5. The van der Waals surface area contributed by atoms with Crippen LogP contribution in [0.5, 0.6) is 5.75 Å². The SMILES string of the molecule is COc1ccc(Cn2nc(Nc3cc(Cl)nn(C)c3=O)nc2N)cc1. The third-order valence-electron chi connectivity index (χ3n) is 3.47. The number of anilines is 3. The van der Waals surface area contributed by atoms with Gasteiger partial charge in [-0.05, 0) is 17.7 Å². The van der Waals surface area contributed by atoms with Gasteiger partial charge in [0, 0.05) is 13.1 Å². The topological polar surface area (TPSA) is 113 Å². The van der Waals surface area contributed by atoms with E-state index in [0.29, 0.717) is 6.54 Å². The molecule has 0 fully saturated rings.